The first-order chi connectivity index (χ1) is 17.9. The molecule has 2 unspecified atom stereocenters. The molecule has 2 N–H and O–H groups in total. The number of benzene rings is 1. The van der Waals surface area contributed by atoms with Gasteiger partial charge in [0.15, 0.2) is 23.6 Å². The highest BCUT2D eigenvalue weighted by Crippen LogP contribution is 2.24. The van der Waals surface area contributed by atoms with Gasteiger partial charge < -0.3 is 10.4 Å². The molecular formula is C22H21ClF3N9O3. The van der Waals surface area contributed by atoms with Gasteiger partial charge in [0.25, 0.3) is 5.95 Å². The second kappa shape index (κ2) is 10.7. The Kier molecular flexibility index (Phi) is 7.59. The molecule has 0 radical (unpaired) electrons. The van der Waals surface area contributed by atoms with Crippen molar-refractivity contribution in [3.8, 4) is 17.3 Å². The van der Waals surface area contributed by atoms with Crippen LogP contribution in [0.15, 0.2) is 47.5 Å². The summed E-state index contributed by atoms with van der Waals surface area (Å²) in [5.41, 5.74) is -0.627. The number of amides is 1. The van der Waals surface area contributed by atoms with E-state index in [1.165, 1.54) is 48.3 Å². The zero-order chi connectivity index (χ0) is 27.6. The number of hydrogen-bond acceptors (Lipinski definition) is 8. The molecule has 2 atom stereocenters. The highest BCUT2D eigenvalue weighted by molar-refractivity contribution is 6.30. The number of nitrogens with zero attached hydrogens (tertiary/aromatic N) is 8. The second-order valence-electron chi connectivity index (χ2n) is 8.21. The Labute approximate surface area is 217 Å². The first kappa shape index (κ1) is 26.9. The lowest BCUT2D eigenvalue weighted by molar-refractivity contribution is -0.207. The largest absolute Gasteiger partial charge is 0.416 e. The topological polar surface area (TPSA) is 146 Å². The van der Waals surface area contributed by atoms with Crippen molar-refractivity contribution in [3.05, 3.63) is 69.9 Å². The summed E-state index contributed by atoms with van der Waals surface area (Å²) in [6, 6.07) is 6.92. The lowest BCUT2D eigenvalue weighted by Crippen LogP contribution is -2.37. The van der Waals surface area contributed by atoms with Crippen molar-refractivity contribution in [2.24, 2.45) is 0 Å². The van der Waals surface area contributed by atoms with E-state index < -0.39 is 30.6 Å². The fourth-order valence-electron chi connectivity index (χ4n) is 3.56. The van der Waals surface area contributed by atoms with Gasteiger partial charge in [0.2, 0.25) is 5.91 Å². The van der Waals surface area contributed by atoms with E-state index in [1.54, 1.807) is 13.0 Å². The summed E-state index contributed by atoms with van der Waals surface area (Å²) in [5.74, 6) is 0.00205. The summed E-state index contributed by atoms with van der Waals surface area (Å²) in [5, 5.41) is 21.3. The molecule has 38 heavy (non-hydrogen) atoms. The minimum atomic E-state index is -4.95. The van der Waals surface area contributed by atoms with E-state index in [2.05, 4.69) is 30.5 Å². The standard InChI is InChI=1S/C22H21ClF3N9O3/c1-12(29-13(2)36)18-30-17(31-35(18)20-27-8-3-9-28-20)11-34-21(38)33(10-16(37)22(24,25)26)19(32-34)14-4-6-15(23)7-5-14/h3-9,12,16,37H,10-11H2,1-2H3,(H,29,36). The molecule has 0 saturated carbocycles. The van der Waals surface area contributed by atoms with E-state index in [4.69, 9.17) is 11.6 Å². The van der Waals surface area contributed by atoms with Crippen LogP contribution in [-0.2, 0) is 17.9 Å². The molecule has 1 aromatic carbocycles. The van der Waals surface area contributed by atoms with Gasteiger partial charge >= 0.3 is 11.9 Å². The molecule has 4 aromatic rings. The summed E-state index contributed by atoms with van der Waals surface area (Å²) in [7, 11) is 0. The van der Waals surface area contributed by atoms with Crippen LogP contribution in [0.1, 0.15) is 31.5 Å². The highest BCUT2D eigenvalue weighted by atomic mass is 35.5. The Balaban J connectivity index is 1.77. The van der Waals surface area contributed by atoms with Crippen molar-refractivity contribution in [2.45, 2.75) is 45.3 Å². The predicted octanol–water partition coefficient (Wildman–Crippen LogP) is 1.90. The van der Waals surface area contributed by atoms with Gasteiger partial charge in [-0.3, -0.25) is 9.36 Å². The summed E-state index contributed by atoms with van der Waals surface area (Å²) in [6.07, 6.45) is -4.80. The number of aromatic nitrogens is 8. The highest BCUT2D eigenvalue weighted by Gasteiger charge is 2.39. The fraction of sp³-hybridized carbons (Fsp3) is 0.318. The number of alkyl halides is 3. The molecule has 200 valence electrons. The SMILES string of the molecule is CC(=O)NC(C)c1nc(Cn2nc(-c3ccc(Cl)cc3)n(CC(O)C(F)(F)F)c2=O)nn1-c1ncccn1. The van der Waals surface area contributed by atoms with Gasteiger partial charge in [-0.25, -0.2) is 24.4 Å². The molecule has 0 spiro atoms. The molecule has 12 nitrogen and oxygen atoms in total. The molecular weight excluding hydrogens is 531 g/mol. The molecule has 0 bridgehead atoms. The van der Waals surface area contributed by atoms with E-state index in [9.17, 15) is 27.9 Å². The third kappa shape index (κ3) is 5.89. The summed E-state index contributed by atoms with van der Waals surface area (Å²) < 4.78 is 42.2. The quantitative estimate of drug-likeness (QED) is 0.338. The van der Waals surface area contributed by atoms with Crippen molar-refractivity contribution < 1.29 is 23.1 Å². The van der Waals surface area contributed by atoms with Crippen molar-refractivity contribution >= 4 is 17.5 Å². The normalized spacial score (nSPS) is 13.3. The molecule has 3 aromatic heterocycles. The molecule has 0 aliphatic carbocycles. The molecule has 0 aliphatic rings. The number of hydrogen-bond donors (Lipinski definition) is 2. The fourth-order valence-corrected chi connectivity index (χ4v) is 3.69. The Morgan fingerprint density at radius 1 is 1.16 bits per heavy atom. The molecule has 16 heteroatoms. The second-order valence-corrected chi connectivity index (χ2v) is 8.64. The van der Waals surface area contributed by atoms with Crippen LogP contribution in [0.5, 0.6) is 0 Å². The third-order valence-corrected chi connectivity index (χ3v) is 5.53. The maximum absolute atomic E-state index is 13.2. The Bertz CT molecular complexity index is 1480. The van der Waals surface area contributed by atoms with Crippen molar-refractivity contribution in [1.82, 2.24) is 44.4 Å². The molecule has 0 aliphatic heterocycles. The van der Waals surface area contributed by atoms with E-state index >= 15 is 0 Å². The molecule has 0 saturated heterocycles. The number of nitrogens with one attached hydrogen (secondary N) is 1. The Morgan fingerprint density at radius 3 is 2.42 bits per heavy atom. The summed E-state index contributed by atoms with van der Waals surface area (Å²) in [6.45, 7) is 1.57. The maximum atomic E-state index is 13.2. The first-order valence-corrected chi connectivity index (χ1v) is 11.5. The maximum Gasteiger partial charge on any atom is 0.416 e. The summed E-state index contributed by atoms with van der Waals surface area (Å²) in [4.78, 5) is 37.4. The molecule has 4 rings (SSSR count). The van der Waals surface area contributed by atoms with Crippen LogP contribution in [0.4, 0.5) is 13.2 Å². The zero-order valence-corrected chi connectivity index (χ0v) is 20.7. The van der Waals surface area contributed by atoms with Crippen LogP contribution in [0.2, 0.25) is 5.02 Å². The molecule has 0 fully saturated rings. The Hall–Kier alpha value is -4.11. The summed E-state index contributed by atoms with van der Waals surface area (Å²) >= 11 is 5.91. The first-order valence-electron chi connectivity index (χ1n) is 11.1. The smallest absolute Gasteiger partial charge is 0.382 e. The van der Waals surface area contributed by atoms with Crippen molar-refractivity contribution in [3.63, 3.8) is 0 Å². The van der Waals surface area contributed by atoms with Gasteiger partial charge in [-0.2, -0.15) is 17.9 Å². The van der Waals surface area contributed by atoms with Gasteiger partial charge in [0.05, 0.1) is 12.6 Å². The monoisotopic (exact) mass is 551 g/mol. The van der Waals surface area contributed by atoms with Gasteiger partial charge in [0, 0.05) is 29.9 Å². The minimum Gasteiger partial charge on any atom is -0.382 e. The van der Waals surface area contributed by atoms with Gasteiger partial charge in [-0.1, -0.05) is 11.6 Å². The number of aliphatic hydroxyl groups excluding tert-OH is 1. The van der Waals surface area contributed by atoms with E-state index in [0.717, 1.165) is 9.25 Å². The minimum absolute atomic E-state index is 0.0513. The number of carbonyl (C=O) groups is 1. The van der Waals surface area contributed by atoms with Crippen LogP contribution in [0.25, 0.3) is 17.3 Å². The van der Waals surface area contributed by atoms with Crippen LogP contribution in [-0.4, -0.2) is 62.4 Å². The van der Waals surface area contributed by atoms with Crippen molar-refractivity contribution in [1.29, 1.82) is 0 Å². The third-order valence-electron chi connectivity index (χ3n) is 5.27. The lowest BCUT2D eigenvalue weighted by Gasteiger charge is -2.15. The van der Waals surface area contributed by atoms with Gasteiger partial charge in [-0.15, -0.1) is 10.2 Å². The van der Waals surface area contributed by atoms with Crippen LogP contribution < -0.4 is 11.0 Å². The number of carbonyl (C=O) groups excluding carboxylic acids is 1. The van der Waals surface area contributed by atoms with Crippen LogP contribution in [0, 0.1) is 0 Å². The van der Waals surface area contributed by atoms with Crippen molar-refractivity contribution in [2.75, 3.05) is 0 Å². The van der Waals surface area contributed by atoms with Crippen LogP contribution in [0.3, 0.4) is 0 Å². The zero-order valence-electron chi connectivity index (χ0n) is 20.0. The molecule has 1 amide bonds. The van der Waals surface area contributed by atoms with E-state index in [-0.39, 0.29) is 35.9 Å². The van der Waals surface area contributed by atoms with Crippen LogP contribution >= 0.6 is 11.6 Å². The Morgan fingerprint density at radius 2 is 1.82 bits per heavy atom. The van der Waals surface area contributed by atoms with Gasteiger partial charge in [-0.05, 0) is 37.3 Å². The number of aliphatic hydroxyl groups is 1. The number of rotatable bonds is 8. The van der Waals surface area contributed by atoms with Gasteiger partial charge in [0.1, 0.15) is 6.54 Å². The average Bonchev–Trinajstić information content (AvgIpc) is 3.41. The molecule has 3 heterocycles. The van der Waals surface area contributed by atoms with E-state index in [1.807, 2.05) is 0 Å². The van der Waals surface area contributed by atoms with E-state index in [0.29, 0.717) is 10.6 Å². The predicted molar refractivity (Wildman–Crippen MR) is 127 cm³/mol. The average molecular weight is 552 g/mol. The lowest BCUT2D eigenvalue weighted by atomic mass is 10.2. The number of halogens is 4.